The standard InChI is InChI=1S/C15H20ClF3N2OS/c1-3-20(23-21-8-9-22-10-11(21)2)14(15(17,18)19)12-4-6-13(16)7-5-12/h4-7,11,14H,3,8-10H2,1-2H3/t11-,14+/m0/s1. The van der Waals surface area contributed by atoms with Crippen molar-refractivity contribution in [3.63, 3.8) is 0 Å². The number of rotatable bonds is 5. The molecule has 1 fully saturated rings. The molecule has 8 heteroatoms. The molecule has 0 amide bonds. The van der Waals surface area contributed by atoms with Crippen LogP contribution in [-0.2, 0) is 4.74 Å². The second-order valence-electron chi connectivity index (χ2n) is 5.38. The number of ether oxygens (including phenoxy) is 1. The quantitative estimate of drug-likeness (QED) is 0.708. The lowest BCUT2D eigenvalue weighted by atomic mass is 10.1. The third-order valence-corrected chi connectivity index (χ3v) is 5.29. The van der Waals surface area contributed by atoms with Gasteiger partial charge in [0.25, 0.3) is 0 Å². The largest absolute Gasteiger partial charge is 0.409 e. The Morgan fingerprint density at radius 3 is 2.57 bits per heavy atom. The van der Waals surface area contributed by atoms with Crippen LogP contribution in [0.25, 0.3) is 0 Å². The summed E-state index contributed by atoms with van der Waals surface area (Å²) in [6.45, 7) is 5.61. The maximum Gasteiger partial charge on any atom is 0.409 e. The van der Waals surface area contributed by atoms with Crippen molar-refractivity contribution in [2.75, 3.05) is 26.3 Å². The molecule has 3 nitrogen and oxygen atoms in total. The molecule has 0 aliphatic carbocycles. The van der Waals surface area contributed by atoms with E-state index in [9.17, 15) is 13.2 Å². The molecule has 0 unspecified atom stereocenters. The van der Waals surface area contributed by atoms with Crippen molar-refractivity contribution in [1.29, 1.82) is 0 Å². The predicted octanol–water partition coefficient (Wildman–Crippen LogP) is 4.55. The monoisotopic (exact) mass is 368 g/mol. The third-order valence-electron chi connectivity index (χ3n) is 3.61. The Labute approximate surface area is 144 Å². The SMILES string of the molecule is CCN(SN1CCOC[C@@H]1C)[C@H](c1ccc(Cl)cc1)C(F)(F)F. The van der Waals surface area contributed by atoms with Gasteiger partial charge in [-0.15, -0.1) is 0 Å². The van der Waals surface area contributed by atoms with Gasteiger partial charge in [-0.3, -0.25) is 0 Å². The molecule has 130 valence electrons. The zero-order valence-corrected chi connectivity index (χ0v) is 14.6. The van der Waals surface area contributed by atoms with Gasteiger partial charge in [0, 0.05) is 36.3 Å². The molecule has 0 bridgehead atoms. The van der Waals surface area contributed by atoms with Gasteiger partial charge in [0.05, 0.1) is 13.2 Å². The predicted molar refractivity (Wildman–Crippen MR) is 87.2 cm³/mol. The molecule has 1 aromatic rings. The topological polar surface area (TPSA) is 15.7 Å². The van der Waals surface area contributed by atoms with Crippen molar-refractivity contribution in [1.82, 2.24) is 8.61 Å². The van der Waals surface area contributed by atoms with Gasteiger partial charge in [-0.2, -0.15) is 13.2 Å². The Hall–Kier alpha value is -0.470. The minimum Gasteiger partial charge on any atom is -0.378 e. The Morgan fingerprint density at radius 1 is 1.39 bits per heavy atom. The Bertz CT molecular complexity index is 500. The summed E-state index contributed by atoms with van der Waals surface area (Å²) < 4.78 is 49.6. The fourth-order valence-electron chi connectivity index (χ4n) is 2.42. The lowest BCUT2D eigenvalue weighted by Gasteiger charge is -2.38. The average Bonchev–Trinajstić information content (AvgIpc) is 2.49. The fourth-order valence-corrected chi connectivity index (χ4v) is 3.64. The Balaban J connectivity index is 2.23. The van der Waals surface area contributed by atoms with Crippen molar-refractivity contribution in [3.05, 3.63) is 34.9 Å². The molecule has 1 aliphatic heterocycles. The van der Waals surface area contributed by atoms with Crippen molar-refractivity contribution >= 4 is 23.7 Å². The van der Waals surface area contributed by atoms with Crippen LogP contribution in [0.5, 0.6) is 0 Å². The summed E-state index contributed by atoms with van der Waals surface area (Å²) in [6.07, 6.45) is -4.37. The molecule has 0 radical (unpaired) electrons. The summed E-state index contributed by atoms with van der Waals surface area (Å²) in [5.74, 6) is 0. The molecule has 1 aromatic carbocycles. The van der Waals surface area contributed by atoms with Crippen LogP contribution in [0.2, 0.25) is 5.02 Å². The summed E-state index contributed by atoms with van der Waals surface area (Å²) in [5.41, 5.74) is 0.192. The number of halogens is 4. The fraction of sp³-hybridized carbons (Fsp3) is 0.600. The lowest BCUT2D eigenvalue weighted by Crippen LogP contribution is -2.44. The number of hydrogen-bond donors (Lipinski definition) is 0. The van der Waals surface area contributed by atoms with Crippen molar-refractivity contribution in [2.24, 2.45) is 0 Å². The minimum atomic E-state index is -4.37. The number of benzene rings is 1. The van der Waals surface area contributed by atoms with E-state index in [0.29, 0.717) is 24.8 Å². The lowest BCUT2D eigenvalue weighted by molar-refractivity contribution is -0.172. The highest BCUT2D eigenvalue weighted by Gasteiger charge is 2.45. The van der Waals surface area contributed by atoms with Crippen molar-refractivity contribution < 1.29 is 17.9 Å². The molecule has 23 heavy (non-hydrogen) atoms. The first-order valence-electron chi connectivity index (χ1n) is 7.44. The average molecular weight is 369 g/mol. The maximum atomic E-state index is 13.7. The van der Waals surface area contributed by atoms with E-state index in [1.807, 2.05) is 11.2 Å². The van der Waals surface area contributed by atoms with Crippen LogP contribution < -0.4 is 0 Å². The van der Waals surface area contributed by atoms with Crippen LogP contribution in [0.1, 0.15) is 25.5 Å². The van der Waals surface area contributed by atoms with E-state index in [1.165, 1.54) is 28.6 Å². The molecule has 1 heterocycles. The zero-order valence-electron chi connectivity index (χ0n) is 13.0. The van der Waals surface area contributed by atoms with E-state index < -0.39 is 12.2 Å². The van der Waals surface area contributed by atoms with Crippen LogP contribution in [0.15, 0.2) is 24.3 Å². The second kappa shape index (κ2) is 8.07. The Morgan fingerprint density at radius 2 is 2.04 bits per heavy atom. The summed E-state index contributed by atoms with van der Waals surface area (Å²) in [5, 5.41) is 0.423. The number of alkyl halides is 3. The normalized spacial score (nSPS) is 21.6. The Kier molecular flexibility index (Phi) is 6.62. The van der Waals surface area contributed by atoms with E-state index in [2.05, 4.69) is 0 Å². The highest BCUT2D eigenvalue weighted by molar-refractivity contribution is 7.94. The summed E-state index contributed by atoms with van der Waals surface area (Å²) in [6, 6.07) is 4.25. The van der Waals surface area contributed by atoms with Crippen LogP contribution >= 0.6 is 23.7 Å². The highest BCUT2D eigenvalue weighted by atomic mass is 35.5. The van der Waals surface area contributed by atoms with E-state index in [0.717, 1.165) is 12.1 Å². The molecule has 1 aliphatic rings. The van der Waals surface area contributed by atoms with Gasteiger partial charge in [0.2, 0.25) is 0 Å². The molecule has 0 N–H and O–H groups in total. The van der Waals surface area contributed by atoms with Crippen LogP contribution in [-0.4, -0.2) is 47.1 Å². The third kappa shape index (κ3) is 5.00. The number of morpholine rings is 1. The van der Waals surface area contributed by atoms with Gasteiger partial charge in [-0.1, -0.05) is 30.7 Å². The van der Waals surface area contributed by atoms with Crippen LogP contribution in [0, 0.1) is 0 Å². The molecular weight excluding hydrogens is 349 g/mol. The first-order chi connectivity index (χ1) is 10.8. The van der Waals surface area contributed by atoms with Gasteiger partial charge in [0.15, 0.2) is 0 Å². The molecule has 2 atom stereocenters. The molecular formula is C15H20ClF3N2OS. The van der Waals surface area contributed by atoms with E-state index in [1.54, 1.807) is 6.92 Å². The first-order valence-corrected chi connectivity index (χ1v) is 8.55. The van der Waals surface area contributed by atoms with Gasteiger partial charge in [-0.25, -0.2) is 8.61 Å². The second-order valence-corrected chi connectivity index (χ2v) is 6.91. The van der Waals surface area contributed by atoms with Gasteiger partial charge < -0.3 is 4.74 Å². The molecule has 0 saturated carbocycles. The van der Waals surface area contributed by atoms with E-state index >= 15 is 0 Å². The minimum absolute atomic E-state index is 0.0712. The van der Waals surface area contributed by atoms with Crippen LogP contribution in [0.4, 0.5) is 13.2 Å². The van der Waals surface area contributed by atoms with Crippen molar-refractivity contribution in [2.45, 2.75) is 32.1 Å². The van der Waals surface area contributed by atoms with E-state index in [4.69, 9.17) is 16.3 Å². The first kappa shape index (κ1) is 18.9. The summed E-state index contributed by atoms with van der Waals surface area (Å²) in [4.78, 5) is 0. The van der Waals surface area contributed by atoms with Gasteiger partial charge >= 0.3 is 6.18 Å². The number of nitrogens with zero attached hydrogens (tertiary/aromatic N) is 2. The molecule has 0 aromatic heterocycles. The number of hydrogen-bond acceptors (Lipinski definition) is 4. The van der Waals surface area contributed by atoms with Crippen molar-refractivity contribution in [3.8, 4) is 0 Å². The van der Waals surface area contributed by atoms with Gasteiger partial charge in [0.1, 0.15) is 6.04 Å². The molecule has 2 rings (SSSR count). The summed E-state index contributed by atoms with van der Waals surface area (Å²) >= 11 is 6.94. The maximum absolute atomic E-state index is 13.7. The highest BCUT2D eigenvalue weighted by Crippen LogP contribution is 2.42. The summed E-state index contributed by atoms with van der Waals surface area (Å²) in [7, 11) is 0. The van der Waals surface area contributed by atoms with Gasteiger partial charge in [-0.05, 0) is 24.6 Å². The zero-order chi connectivity index (χ0) is 17.0. The molecule has 1 saturated heterocycles. The van der Waals surface area contributed by atoms with E-state index in [-0.39, 0.29) is 18.2 Å². The molecule has 0 spiro atoms. The van der Waals surface area contributed by atoms with Crippen LogP contribution in [0.3, 0.4) is 0 Å². The smallest absolute Gasteiger partial charge is 0.378 e.